The number of amides is 1. The maximum Gasteiger partial charge on any atom is 0.226 e. The fourth-order valence-corrected chi connectivity index (χ4v) is 3.71. The minimum Gasteiger partial charge on any atom is -0.497 e. The number of piperidine rings is 1. The summed E-state index contributed by atoms with van der Waals surface area (Å²) >= 11 is 0. The van der Waals surface area contributed by atoms with Crippen LogP contribution >= 0.6 is 0 Å². The van der Waals surface area contributed by atoms with Crippen LogP contribution in [0.4, 0.5) is 0 Å². The van der Waals surface area contributed by atoms with E-state index in [0.29, 0.717) is 37.9 Å². The molecule has 154 valence electrons. The number of ether oxygens (including phenoxy) is 1. The molecular formula is C22H23N5O3. The zero-order valence-corrected chi connectivity index (χ0v) is 16.8. The van der Waals surface area contributed by atoms with Crippen molar-refractivity contribution in [3.8, 4) is 11.4 Å². The van der Waals surface area contributed by atoms with Crippen LogP contribution in [0.2, 0.25) is 0 Å². The lowest BCUT2D eigenvalue weighted by Crippen LogP contribution is -2.41. The van der Waals surface area contributed by atoms with Gasteiger partial charge in [0.25, 0.3) is 0 Å². The summed E-state index contributed by atoms with van der Waals surface area (Å²) in [7, 11) is 1.60. The zero-order valence-electron chi connectivity index (χ0n) is 16.8. The third-order valence-electron chi connectivity index (χ3n) is 5.50. The molecule has 1 fully saturated rings. The van der Waals surface area contributed by atoms with Crippen molar-refractivity contribution in [3.05, 3.63) is 66.0 Å². The smallest absolute Gasteiger partial charge is 0.226 e. The van der Waals surface area contributed by atoms with E-state index in [1.807, 2.05) is 29.2 Å². The Hall–Kier alpha value is -3.55. The summed E-state index contributed by atoms with van der Waals surface area (Å²) in [5.41, 5.74) is 2.48. The highest BCUT2D eigenvalue weighted by atomic mass is 16.5. The minimum atomic E-state index is -0.0435. The molecule has 30 heavy (non-hydrogen) atoms. The van der Waals surface area contributed by atoms with E-state index in [9.17, 15) is 9.59 Å². The minimum absolute atomic E-state index is 0.0435. The number of hydrogen-bond donors (Lipinski definition) is 0. The number of hydrogen-bond acceptors (Lipinski definition) is 6. The van der Waals surface area contributed by atoms with Gasteiger partial charge in [-0.2, -0.15) is 0 Å². The van der Waals surface area contributed by atoms with Crippen LogP contribution in [0.1, 0.15) is 28.8 Å². The summed E-state index contributed by atoms with van der Waals surface area (Å²) in [4.78, 5) is 27.3. The lowest BCUT2D eigenvalue weighted by atomic mass is 9.88. The average Bonchev–Trinajstić information content (AvgIpc) is 3.34. The molecule has 0 N–H and O–H groups in total. The van der Waals surface area contributed by atoms with Crippen molar-refractivity contribution >= 4 is 11.7 Å². The van der Waals surface area contributed by atoms with E-state index in [4.69, 9.17) is 4.74 Å². The van der Waals surface area contributed by atoms with Crippen molar-refractivity contribution in [2.24, 2.45) is 5.92 Å². The predicted octanol–water partition coefficient (Wildman–Crippen LogP) is 2.33. The summed E-state index contributed by atoms with van der Waals surface area (Å²) in [5, 5.41) is 11.1. The molecule has 0 radical (unpaired) electrons. The first-order chi connectivity index (χ1) is 14.6. The van der Waals surface area contributed by atoms with Gasteiger partial charge in [0.1, 0.15) is 12.1 Å². The molecule has 0 atom stereocenters. The summed E-state index contributed by atoms with van der Waals surface area (Å²) in [6.07, 6.45) is 3.24. The number of ketones is 1. The number of methoxy groups -OCH3 is 1. The van der Waals surface area contributed by atoms with Crippen LogP contribution in [0.3, 0.4) is 0 Å². The van der Waals surface area contributed by atoms with E-state index in [-0.39, 0.29) is 17.6 Å². The van der Waals surface area contributed by atoms with Gasteiger partial charge in [-0.3, -0.25) is 9.59 Å². The molecular weight excluding hydrogens is 382 g/mol. The number of rotatable bonds is 6. The average molecular weight is 405 g/mol. The Bertz CT molecular complexity index is 992. The predicted molar refractivity (Wildman–Crippen MR) is 109 cm³/mol. The summed E-state index contributed by atoms with van der Waals surface area (Å²) in [5.74, 6) is 0.916. The molecule has 0 saturated carbocycles. The third-order valence-corrected chi connectivity index (χ3v) is 5.50. The van der Waals surface area contributed by atoms with Crippen LogP contribution in [0.25, 0.3) is 5.69 Å². The molecule has 1 amide bonds. The van der Waals surface area contributed by atoms with Gasteiger partial charge in [0.15, 0.2) is 5.78 Å². The third kappa shape index (κ3) is 4.37. The van der Waals surface area contributed by atoms with Gasteiger partial charge < -0.3 is 9.64 Å². The topological polar surface area (TPSA) is 90.2 Å². The second kappa shape index (κ2) is 8.86. The molecule has 8 heteroatoms. The van der Waals surface area contributed by atoms with Crippen LogP contribution in [0, 0.1) is 5.92 Å². The van der Waals surface area contributed by atoms with Crippen molar-refractivity contribution in [2.45, 2.75) is 19.3 Å². The molecule has 1 aromatic heterocycles. The molecule has 0 bridgehead atoms. The highest BCUT2D eigenvalue weighted by Gasteiger charge is 2.28. The number of carbonyl (C=O) groups excluding carboxylic acids is 2. The number of carbonyl (C=O) groups is 2. The molecule has 2 heterocycles. The van der Waals surface area contributed by atoms with Gasteiger partial charge in [-0.15, -0.1) is 5.10 Å². The highest BCUT2D eigenvalue weighted by molar-refractivity contribution is 5.98. The molecule has 0 unspecified atom stereocenters. The van der Waals surface area contributed by atoms with Crippen molar-refractivity contribution in [1.29, 1.82) is 0 Å². The van der Waals surface area contributed by atoms with Gasteiger partial charge in [0.05, 0.1) is 19.2 Å². The van der Waals surface area contributed by atoms with Crippen molar-refractivity contribution in [3.63, 3.8) is 0 Å². The highest BCUT2D eigenvalue weighted by Crippen LogP contribution is 2.23. The lowest BCUT2D eigenvalue weighted by Gasteiger charge is -2.31. The van der Waals surface area contributed by atoms with Crippen LogP contribution in [-0.4, -0.2) is 57.0 Å². The van der Waals surface area contributed by atoms with E-state index in [2.05, 4.69) is 15.5 Å². The Morgan fingerprint density at radius 1 is 1.03 bits per heavy atom. The SMILES string of the molecule is COc1ccc(C(=O)C2CCN(C(=O)Cc3ccc(-n4cnnn4)cc3)CC2)cc1. The molecule has 3 aromatic rings. The molecule has 0 spiro atoms. The van der Waals surface area contributed by atoms with Crippen molar-refractivity contribution < 1.29 is 14.3 Å². The first-order valence-electron chi connectivity index (χ1n) is 9.92. The molecule has 0 aliphatic carbocycles. The fourth-order valence-electron chi connectivity index (χ4n) is 3.71. The van der Waals surface area contributed by atoms with Crippen LogP contribution in [-0.2, 0) is 11.2 Å². The van der Waals surface area contributed by atoms with E-state index >= 15 is 0 Å². The van der Waals surface area contributed by atoms with Gasteiger partial charge in [-0.1, -0.05) is 12.1 Å². The lowest BCUT2D eigenvalue weighted by molar-refractivity contribution is -0.131. The van der Waals surface area contributed by atoms with Gasteiger partial charge in [0, 0.05) is 24.6 Å². The Morgan fingerprint density at radius 3 is 2.33 bits per heavy atom. The summed E-state index contributed by atoms with van der Waals surface area (Å²) < 4.78 is 6.71. The van der Waals surface area contributed by atoms with Gasteiger partial charge in [0.2, 0.25) is 5.91 Å². The number of nitrogens with zero attached hydrogens (tertiary/aromatic N) is 5. The van der Waals surface area contributed by atoms with E-state index in [1.54, 1.807) is 36.1 Å². The Balaban J connectivity index is 1.30. The molecule has 1 aliphatic heterocycles. The summed E-state index contributed by atoms with van der Waals surface area (Å²) in [6, 6.07) is 14.8. The largest absolute Gasteiger partial charge is 0.497 e. The first kappa shape index (κ1) is 19.8. The fraction of sp³-hybridized carbons (Fsp3) is 0.318. The van der Waals surface area contributed by atoms with Gasteiger partial charge >= 0.3 is 0 Å². The van der Waals surface area contributed by atoms with E-state index < -0.39 is 0 Å². The van der Waals surface area contributed by atoms with Crippen molar-refractivity contribution in [2.75, 3.05) is 20.2 Å². The van der Waals surface area contributed by atoms with E-state index in [0.717, 1.165) is 17.0 Å². The van der Waals surface area contributed by atoms with Gasteiger partial charge in [-0.05, 0) is 65.2 Å². The number of tetrazole rings is 1. The van der Waals surface area contributed by atoms with Gasteiger partial charge in [-0.25, -0.2) is 4.68 Å². The normalized spacial score (nSPS) is 14.5. The zero-order chi connectivity index (χ0) is 20.9. The molecule has 1 aliphatic rings. The standard InChI is InChI=1S/C22H23N5O3/c1-30-20-8-4-17(5-9-20)22(29)18-10-12-26(13-11-18)21(28)14-16-2-6-19(7-3-16)27-15-23-24-25-27/h2-9,15,18H,10-14H2,1H3. The number of benzene rings is 2. The number of likely N-dealkylation sites (tertiary alicyclic amines) is 1. The maximum atomic E-state index is 12.7. The molecule has 4 rings (SSSR count). The molecule has 2 aromatic carbocycles. The monoisotopic (exact) mass is 405 g/mol. The van der Waals surface area contributed by atoms with E-state index in [1.165, 1.54) is 6.33 Å². The summed E-state index contributed by atoms with van der Waals surface area (Å²) in [6.45, 7) is 1.21. The molecule has 8 nitrogen and oxygen atoms in total. The van der Waals surface area contributed by atoms with Crippen molar-refractivity contribution in [1.82, 2.24) is 25.1 Å². The maximum absolute atomic E-state index is 12.7. The van der Waals surface area contributed by atoms with Crippen LogP contribution in [0.5, 0.6) is 5.75 Å². The second-order valence-electron chi connectivity index (χ2n) is 7.35. The molecule has 1 saturated heterocycles. The second-order valence-corrected chi connectivity index (χ2v) is 7.35. The quantitative estimate of drug-likeness (QED) is 0.585. The number of Topliss-reactive ketones (excluding diaryl/α,β-unsaturated/α-hetero) is 1. The first-order valence-corrected chi connectivity index (χ1v) is 9.92. The van der Waals surface area contributed by atoms with Crippen LogP contribution in [0.15, 0.2) is 54.9 Å². The number of aromatic nitrogens is 4. The Morgan fingerprint density at radius 2 is 1.73 bits per heavy atom. The Labute approximate surface area is 174 Å². The Kier molecular flexibility index (Phi) is 5.83. The van der Waals surface area contributed by atoms with Crippen LogP contribution < -0.4 is 4.74 Å².